The molecule has 2 aliphatic rings. The molecule has 1 saturated heterocycles. The number of aliphatic imine (C=N–C) groups is 1. The number of primary amides is 1. The van der Waals surface area contributed by atoms with Crippen LogP contribution in [-0.4, -0.2) is 36.9 Å². The fraction of sp³-hybridized carbons (Fsp3) is 0.455. The van der Waals surface area contributed by atoms with E-state index in [1.807, 2.05) is 7.05 Å². The quantitative estimate of drug-likeness (QED) is 0.378. The van der Waals surface area contributed by atoms with Gasteiger partial charge in [-0.15, -0.1) is 24.0 Å². The van der Waals surface area contributed by atoms with Gasteiger partial charge in [0.05, 0.1) is 6.54 Å². The summed E-state index contributed by atoms with van der Waals surface area (Å²) in [5.41, 5.74) is 8.51. The van der Waals surface area contributed by atoms with Crippen molar-refractivity contribution in [3.8, 4) is 0 Å². The third-order valence-corrected chi connectivity index (χ3v) is 6.10. The Bertz CT molecular complexity index is 894. The van der Waals surface area contributed by atoms with Gasteiger partial charge in [0.25, 0.3) is 5.91 Å². The molecule has 7 heteroatoms. The smallest absolute Gasteiger partial charge is 0.284 e. The highest BCUT2D eigenvalue weighted by atomic mass is 127. The predicted octanol–water partition coefficient (Wildman–Crippen LogP) is 3.44. The predicted molar refractivity (Wildman–Crippen MR) is 125 cm³/mol. The lowest BCUT2D eigenvalue weighted by Gasteiger charge is -2.47. The Hall–Kier alpha value is -2.03. The van der Waals surface area contributed by atoms with E-state index in [1.54, 1.807) is 12.1 Å². The van der Waals surface area contributed by atoms with Crippen LogP contribution in [0.15, 0.2) is 45.8 Å². The lowest BCUT2D eigenvalue weighted by molar-refractivity contribution is 0.0972. The maximum absolute atomic E-state index is 11.2. The Labute approximate surface area is 189 Å². The molecule has 2 aromatic rings. The molecule has 1 fully saturated rings. The second-order valence-electron chi connectivity index (χ2n) is 7.85. The van der Waals surface area contributed by atoms with Crippen molar-refractivity contribution in [3.05, 3.63) is 59.0 Å². The molecule has 0 bridgehead atoms. The molecule has 156 valence electrons. The molecule has 3 N–H and O–H groups in total. The van der Waals surface area contributed by atoms with Gasteiger partial charge < -0.3 is 20.4 Å². The number of nitrogens with one attached hydrogen (secondary N) is 1. The minimum Gasteiger partial charge on any atom is -0.454 e. The highest BCUT2D eigenvalue weighted by Gasteiger charge is 2.40. The molecule has 0 radical (unpaired) electrons. The van der Waals surface area contributed by atoms with E-state index in [4.69, 9.17) is 10.2 Å². The van der Waals surface area contributed by atoms with Gasteiger partial charge in [-0.2, -0.15) is 0 Å². The highest BCUT2D eigenvalue weighted by molar-refractivity contribution is 14.0. The number of likely N-dealkylation sites (tertiary alicyclic amines) is 1. The van der Waals surface area contributed by atoms with Crippen molar-refractivity contribution in [1.82, 2.24) is 10.2 Å². The molecular formula is C22H29IN4O2. The number of rotatable bonds is 3. The summed E-state index contributed by atoms with van der Waals surface area (Å²) in [4.78, 5) is 18.1. The number of furan rings is 1. The van der Waals surface area contributed by atoms with Crippen LogP contribution in [0, 0.1) is 0 Å². The summed E-state index contributed by atoms with van der Waals surface area (Å²) in [6.45, 7) is 2.45. The number of nitrogens with two attached hydrogens (primary N) is 1. The van der Waals surface area contributed by atoms with Gasteiger partial charge in [0.2, 0.25) is 0 Å². The first-order valence-corrected chi connectivity index (χ1v) is 10.0. The monoisotopic (exact) mass is 508 g/mol. The molecule has 1 aromatic heterocycles. The molecular weight excluding hydrogens is 479 g/mol. The summed E-state index contributed by atoms with van der Waals surface area (Å²) in [7, 11) is 1.81. The molecule has 1 aliphatic heterocycles. The summed E-state index contributed by atoms with van der Waals surface area (Å²) in [6, 6.07) is 12.3. The van der Waals surface area contributed by atoms with E-state index in [9.17, 15) is 4.79 Å². The summed E-state index contributed by atoms with van der Waals surface area (Å²) in [5, 5.41) is 3.38. The Morgan fingerprint density at radius 2 is 2.03 bits per heavy atom. The Balaban J connectivity index is 0.00000240. The van der Waals surface area contributed by atoms with Crippen molar-refractivity contribution in [2.45, 2.75) is 44.1 Å². The largest absolute Gasteiger partial charge is 0.454 e. The SMILES string of the molecule is CN=C(NCc1ccc(C(N)=O)o1)N1CCCC2(CCCc3ccccc32)C1.I. The van der Waals surface area contributed by atoms with E-state index >= 15 is 0 Å². The molecule has 1 amide bonds. The van der Waals surface area contributed by atoms with Gasteiger partial charge >= 0.3 is 0 Å². The van der Waals surface area contributed by atoms with Crippen LogP contribution in [0.3, 0.4) is 0 Å². The number of hydrogen-bond donors (Lipinski definition) is 2. The number of hydrogen-bond acceptors (Lipinski definition) is 3. The maximum atomic E-state index is 11.2. The van der Waals surface area contributed by atoms with Crippen LogP contribution >= 0.6 is 24.0 Å². The number of piperidine rings is 1. The zero-order chi connectivity index (χ0) is 19.6. The molecule has 1 unspecified atom stereocenters. The van der Waals surface area contributed by atoms with E-state index in [2.05, 4.69) is 39.5 Å². The fourth-order valence-electron chi connectivity index (χ4n) is 4.85. The first-order chi connectivity index (χ1) is 13.6. The number of fused-ring (bicyclic) bond motifs is 2. The maximum Gasteiger partial charge on any atom is 0.284 e. The fourth-order valence-corrected chi connectivity index (χ4v) is 4.85. The average Bonchev–Trinajstić information content (AvgIpc) is 3.19. The van der Waals surface area contributed by atoms with Crippen molar-refractivity contribution < 1.29 is 9.21 Å². The van der Waals surface area contributed by atoms with Crippen LogP contribution < -0.4 is 11.1 Å². The van der Waals surface area contributed by atoms with Crippen LogP contribution in [0.2, 0.25) is 0 Å². The molecule has 0 saturated carbocycles. The van der Waals surface area contributed by atoms with Crippen LogP contribution in [0.4, 0.5) is 0 Å². The van der Waals surface area contributed by atoms with Gasteiger partial charge in [-0.05, 0) is 55.4 Å². The lowest BCUT2D eigenvalue weighted by atomic mass is 9.66. The second-order valence-corrected chi connectivity index (χ2v) is 7.85. The molecule has 6 nitrogen and oxygen atoms in total. The standard InChI is InChI=1S/C22H28N4O2.HI/c1-24-21(25-14-17-9-10-19(28-17)20(23)27)26-13-5-12-22(15-26)11-4-7-16-6-2-3-8-18(16)22;/h2-3,6,8-10H,4-5,7,11-15H2,1H3,(H2,23,27)(H,24,25);1H. The third-order valence-electron chi connectivity index (χ3n) is 6.10. The summed E-state index contributed by atoms with van der Waals surface area (Å²) in [5.74, 6) is 1.18. The molecule has 2 heterocycles. The lowest BCUT2D eigenvalue weighted by Crippen LogP contribution is -2.53. The minimum atomic E-state index is -0.551. The topological polar surface area (TPSA) is 83.9 Å². The molecule has 1 aromatic carbocycles. The average molecular weight is 508 g/mol. The van der Waals surface area contributed by atoms with Crippen LogP contribution in [0.5, 0.6) is 0 Å². The van der Waals surface area contributed by atoms with Gasteiger partial charge in [-0.3, -0.25) is 9.79 Å². The second kappa shape index (κ2) is 9.19. The third kappa shape index (κ3) is 4.44. The van der Waals surface area contributed by atoms with Crippen molar-refractivity contribution in [1.29, 1.82) is 0 Å². The van der Waals surface area contributed by atoms with E-state index in [-0.39, 0.29) is 35.2 Å². The molecule has 4 rings (SSSR count). The van der Waals surface area contributed by atoms with Crippen molar-refractivity contribution in [2.75, 3.05) is 20.1 Å². The molecule has 1 atom stereocenters. The number of amides is 1. The van der Waals surface area contributed by atoms with E-state index < -0.39 is 5.91 Å². The first kappa shape index (κ1) is 21.7. The number of halogens is 1. The highest BCUT2D eigenvalue weighted by Crippen LogP contribution is 2.43. The Morgan fingerprint density at radius 1 is 1.24 bits per heavy atom. The summed E-state index contributed by atoms with van der Waals surface area (Å²) >= 11 is 0. The number of nitrogens with zero attached hydrogens (tertiary/aromatic N) is 2. The summed E-state index contributed by atoms with van der Waals surface area (Å²) in [6.07, 6.45) is 6.06. The van der Waals surface area contributed by atoms with Crippen molar-refractivity contribution >= 4 is 35.8 Å². The van der Waals surface area contributed by atoms with Crippen molar-refractivity contribution in [3.63, 3.8) is 0 Å². The first-order valence-electron chi connectivity index (χ1n) is 10.0. The van der Waals surface area contributed by atoms with Gasteiger partial charge in [-0.25, -0.2) is 0 Å². The Kier molecular flexibility index (Phi) is 6.87. The number of benzene rings is 1. The minimum absolute atomic E-state index is 0. The van der Waals surface area contributed by atoms with Crippen LogP contribution in [0.25, 0.3) is 0 Å². The van der Waals surface area contributed by atoms with Gasteiger partial charge in [0.15, 0.2) is 11.7 Å². The van der Waals surface area contributed by atoms with E-state index in [0.29, 0.717) is 12.3 Å². The van der Waals surface area contributed by atoms with E-state index in [1.165, 1.54) is 36.8 Å². The number of carbonyl (C=O) groups excluding carboxylic acids is 1. The Morgan fingerprint density at radius 3 is 2.79 bits per heavy atom. The van der Waals surface area contributed by atoms with Crippen LogP contribution in [0.1, 0.15) is 53.1 Å². The number of aryl methyl sites for hydroxylation is 1. The van der Waals surface area contributed by atoms with Crippen molar-refractivity contribution in [2.24, 2.45) is 10.7 Å². The van der Waals surface area contributed by atoms with Crippen LogP contribution in [-0.2, 0) is 18.4 Å². The van der Waals surface area contributed by atoms with Gasteiger partial charge in [-0.1, -0.05) is 24.3 Å². The number of guanidine groups is 1. The molecule has 1 spiro atoms. The number of carbonyl (C=O) groups is 1. The molecule has 1 aliphatic carbocycles. The van der Waals surface area contributed by atoms with Gasteiger partial charge in [0, 0.05) is 25.6 Å². The zero-order valence-corrected chi connectivity index (χ0v) is 19.1. The normalized spacial score (nSPS) is 21.4. The summed E-state index contributed by atoms with van der Waals surface area (Å²) < 4.78 is 5.47. The van der Waals surface area contributed by atoms with Gasteiger partial charge in [0.1, 0.15) is 5.76 Å². The zero-order valence-electron chi connectivity index (χ0n) is 16.8. The van der Waals surface area contributed by atoms with E-state index in [0.717, 1.165) is 25.5 Å². The molecule has 29 heavy (non-hydrogen) atoms.